The maximum absolute atomic E-state index is 12.8. The molecule has 0 aliphatic heterocycles. The minimum Gasteiger partial charge on any atom is -0.506 e. The van der Waals surface area contributed by atoms with Gasteiger partial charge >= 0.3 is 0 Å². The highest BCUT2D eigenvalue weighted by molar-refractivity contribution is 14.1. The number of carbonyl (C=O) groups excluding carboxylic acids is 1. The Balaban J connectivity index is 1.97. The largest absolute Gasteiger partial charge is 0.506 e. The van der Waals surface area contributed by atoms with E-state index in [1.165, 1.54) is 0 Å². The van der Waals surface area contributed by atoms with E-state index >= 15 is 0 Å². The van der Waals surface area contributed by atoms with E-state index in [9.17, 15) is 15.2 Å². The first-order chi connectivity index (χ1) is 14.2. The van der Waals surface area contributed by atoms with Crippen molar-refractivity contribution in [2.75, 3.05) is 5.32 Å². The Bertz CT molecular complexity index is 1190. The quantitative estimate of drug-likeness (QED) is 0.292. The molecule has 1 amide bonds. The summed E-state index contributed by atoms with van der Waals surface area (Å²) < 4.78 is 1.42. The number of hydrogen-bond acceptors (Lipinski definition) is 3. The van der Waals surface area contributed by atoms with Gasteiger partial charge in [-0.25, -0.2) is 0 Å². The van der Waals surface area contributed by atoms with Crippen LogP contribution in [0.25, 0.3) is 0 Å². The predicted octanol–water partition coefficient (Wildman–Crippen LogP) is 7.12. The standard InChI is InChI=1S/C22H14Cl2I2N2O2/c1-11-6-14(16(10-27)13-4-2-3-5-17(13)23)18(24)9-20(11)28-22(30)15-7-12(25)8-19(26)21(15)29/h2-9,16,29H,1H3,(H,28,30). The molecule has 0 saturated heterocycles. The molecule has 2 N–H and O–H groups in total. The van der Waals surface area contributed by atoms with Gasteiger partial charge in [0.15, 0.2) is 0 Å². The molecule has 3 aromatic carbocycles. The number of nitrogens with one attached hydrogen (secondary N) is 1. The fourth-order valence-corrected chi connectivity index (χ4v) is 5.37. The molecular weight excluding hydrogens is 649 g/mol. The summed E-state index contributed by atoms with van der Waals surface area (Å²) in [6, 6.07) is 16.2. The number of phenols is 1. The highest BCUT2D eigenvalue weighted by atomic mass is 127. The summed E-state index contributed by atoms with van der Waals surface area (Å²) in [6.45, 7) is 1.81. The summed E-state index contributed by atoms with van der Waals surface area (Å²) >= 11 is 16.8. The van der Waals surface area contributed by atoms with Gasteiger partial charge in [0, 0.05) is 19.3 Å². The van der Waals surface area contributed by atoms with E-state index < -0.39 is 11.8 Å². The number of carbonyl (C=O) groups is 1. The Morgan fingerprint density at radius 3 is 2.47 bits per heavy atom. The zero-order valence-corrected chi connectivity index (χ0v) is 21.3. The Labute approximate surface area is 211 Å². The van der Waals surface area contributed by atoms with Gasteiger partial charge in [-0.2, -0.15) is 5.26 Å². The van der Waals surface area contributed by atoms with Gasteiger partial charge in [0.2, 0.25) is 0 Å². The van der Waals surface area contributed by atoms with E-state index in [-0.39, 0.29) is 11.3 Å². The number of aryl methyl sites for hydroxylation is 1. The molecule has 0 heterocycles. The van der Waals surface area contributed by atoms with E-state index in [2.05, 4.69) is 34.0 Å². The van der Waals surface area contributed by atoms with Crippen molar-refractivity contribution < 1.29 is 9.90 Å². The molecule has 0 radical (unpaired) electrons. The third kappa shape index (κ3) is 4.85. The summed E-state index contributed by atoms with van der Waals surface area (Å²) in [5.41, 5.74) is 2.68. The van der Waals surface area contributed by atoms with Gasteiger partial charge in [-0.1, -0.05) is 47.5 Å². The number of amides is 1. The summed E-state index contributed by atoms with van der Waals surface area (Å²) in [5, 5.41) is 23.6. The van der Waals surface area contributed by atoms with E-state index in [0.717, 1.165) is 9.13 Å². The third-order valence-corrected chi connectivity index (χ3v) is 6.64. The minimum absolute atomic E-state index is 0.0721. The van der Waals surface area contributed by atoms with Crippen molar-refractivity contribution in [3.8, 4) is 11.8 Å². The van der Waals surface area contributed by atoms with Crippen molar-refractivity contribution in [1.29, 1.82) is 5.26 Å². The first kappa shape index (κ1) is 23.1. The Hall–Kier alpha value is -1.54. The zero-order valence-electron chi connectivity index (χ0n) is 15.5. The molecule has 0 aliphatic rings. The first-order valence-electron chi connectivity index (χ1n) is 8.66. The Morgan fingerprint density at radius 2 is 1.80 bits per heavy atom. The van der Waals surface area contributed by atoms with Crippen LogP contribution in [0.3, 0.4) is 0 Å². The first-order valence-corrected chi connectivity index (χ1v) is 11.6. The molecule has 1 unspecified atom stereocenters. The lowest BCUT2D eigenvalue weighted by molar-refractivity contribution is 0.102. The number of aromatic hydroxyl groups is 1. The van der Waals surface area contributed by atoms with Gasteiger partial charge in [0.05, 0.1) is 21.1 Å². The molecular formula is C22H14Cl2I2N2O2. The van der Waals surface area contributed by atoms with E-state index in [4.69, 9.17) is 23.2 Å². The van der Waals surface area contributed by atoms with Gasteiger partial charge in [-0.3, -0.25) is 4.79 Å². The lowest BCUT2D eigenvalue weighted by Crippen LogP contribution is -2.14. The average Bonchev–Trinajstić information content (AvgIpc) is 2.70. The number of nitrogens with zero attached hydrogens (tertiary/aromatic N) is 1. The maximum Gasteiger partial charge on any atom is 0.259 e. The van der Waals surface area contributed by atoms with Crippen molar-refractivity contribution in [3.05, 3.63) is 88.0 Å². The van der Waals surface area contributed by atoms with Gasteiger partial charge in [0.25, 0.3) is 5.91 Å². The van der Waals surface area contributed by atoms with Crippen LogP contribution in [-0.2, 0) is 0 Å². The van der Waals surface area contributed by atoms with Crippen LogP contribution in [0.5, 0.6) is 5.75 Å². The normalized spacial score (nSPS) is 11.6. The molecule has 30 heavy (non-hydrogen) atoms. The van der Waals surface area contributed by atoms with Crippen molar-refractivity contribution in [2.45, 2.75) is 12.8 Å². The van der Waals surface area contributed by atoms with Crippen LogP contribution in [0.2, 0.25) is 10.0 Å². The van der Waals surface area contributed by atoms with Crippen LogP contribution in [0.15, 0.2) is 48.5 Å². The summed E-state index contributed by atoms with van der Waals surface area (Å²) in [5.74, 6) is -1.16. The molecule has 3 rings (SSSR count). The fraction of sp³-hybridized carbons (Fsp3) is 0.0909. The smallest absolute Gasteiger partial charge is 0.259 e. The average molecular weight is 663 g/mol. The number of benzene rings is 3. The van der Waals surface area contributed by atoms with E-state index in [1.54, 1.807) is 42.5 Å². The maximum atomic E-state index is 12.8. The van der Waals surface area contributed by atoms with Crippen LogP contribution in [-0.4, -0.2) is 11.0 Å². The number of anilines is 1. The highest BCUT2D eigenvalue weighted by Gasteiger charge is 2.22. The lowest BCUT2D eigenvalue weighted by Gasteiger charge is -2.17. The molecule has 0 spiro atoms. The van der Waals surface area contributed by atoms with Crippen LogP contribution in [0, 0.1) is 25.4 Å². The van der Waals surface area contributed by atoms with Crippen molar-refractivity contribution in [1.82, 2.24) is 0 Å². The molecule has 152 valence electrons. The van der Waals surface area contributed by atoms with E-state index in [0.29, 0.717) is 30.4 Å². The van der Waals surface area contributed by atoms with Gasteiger partial charge in [-0.05, 0) is 93.1 Å². The Morgan fingerprint density at radius 1 is 1.10 bits per heavy atom. The molecule has 0 fully saturated rings. The second kappa shape index (κ2) is 9.73. The number of hydrogen-bond donors (Lipinski definition) is 2. The number of phenolic OH excluding ortho intramolecular Hbond substituents is 1. The van der Waals surface area contributed by atoms with Crippen molar-refractivity contribution >= 4 is 80.0 Å². The summed E-state index contributed by atoms with van der Waals surface area (Å²) in [6.07, 6.45) is 0. The van der Waals surface area contributed by atoms with Crippen molar-refractivity contribution in [2.24, 2.45) is 0 Å². The summed E-state index contributed by atoms with van der Waals surface area (Å²) in [4.78, 5) is 12.8. The fourth-order valence-electron chi connectivity index (χ4n) is 3.00. The second-order valence-electron chi connectivity index (χ2n) is 6.51. The SMILES string of the molecule is Cc1cc(C(C#N)c2ccccc2Cl)c(Cl)cc1NC(=O)c1cc(I)cc(I)c1O. The monoisotopic (exact) mass is 662 g/mol. The predicted molar refractivity (Wildman–Crippen MR) is 137 cm³/mol. The molecule has 1 atom stereocenters. The van der Waals surface area contributed by atoms with Crippen LogP contribution >= 0.6 is 68.4 Å². The van der Waals surface area contributed by atoms with Gasteiger partial charge in [-0.15, -0.1) is 0 Å². The van der Waals surface area contributed by atoms with Crippen molar-refractivity contribution in [3.63, 3.8) is 0 Å². The van der Waals surface area contributed by atoms with Gasteiger partial charge < -0.3 is 10.4 Å². The molecule has 3 aromatic rings. The second-order valence-corrected chi connectivity index (χ2v) is 9.73. The molecule has 0 saturated carbocycles. The molecule has 0 bridgehead atoms. The van der Waals surface area contributed by atoms with Crippen LogP contribution < -0.4 is 5.32 Å². The summed E-state index contributed by atoms with van der Waals surface area (Å²) in [7, 11) is 0. The lowest BCUT2D eigenvalue weighted by atomic mass is 9.91. The van der Waals surface area contributed by atoms with Gasteiger partial charge in [0.1, 0.15) is 5.75 Å². The topological polar surface area (TPSA) is 73.1 Å². The van der Waals surface area contributed by atoms with Crippen LogP contribution in [0.4, 0.5) is 5.69 Å². The number of nitriles is 1. The number of halogens is 4. The minimum atomic E-state index is -0.643. The molecule has 0 aromatic heterocycles. The molecule has 0 aliphatic carbocycles. The van der Waals surface area contributed by atoms with E-state index in [1.807, 2.05) is 35.6 Å². The Kier molecular flexibility index (Phi) is 7.50. The highest BCUT2D eigenvalue weighted by Crippen LogP contribution is 2.37. The third-order valence-electron chi connectivity index (χ3n) is 4.52. The number of rotatable bonds is 4. The molecule has 4 nitrogen and oxygen atoms in total. The zero-order chi connectivity index (χ0) is 22.0. The molecule has 8 heteroatoms. The van der Waals surface area contributed by atoms with Crippen LogP contribution in [0.1, 0.15) is 33.0 Å².